The first-order chi connectivity index (χ1) is 14.1. The molecular formula is C21H20N4O2S2. The van der Waals surface area contributed by atoms with E-state index in [4.69, 9.17) is 26.8 Å². The summed E-state index contributed by atoms with van der Waals surface area (Å²) in [4.78, 5) is 9.55. The van der Waals surface area contributed by atoms with Crippen LogP contribution in [0, 0.1) is 4.77 Å². The van der Waals surface area contributed by atoms with E-state index in [0.717, 1.165) is 33.9 Å². The van der Waals surface area contributed by atoms with E-state index in [1.54, 1.807) is 11.6 Å². The monoisotopic (exact) mass is 424 g/mol. The zero-order valence-corrected chi connectivity index (χ0v) is 18.0. The lowest BCUT2D eigenvalue weighted by atomic mass is 10.1. The smallest absolute Gasteiger partial charge is 0.223 e. The SMILES string of the molecule is CCOc1cc(OC)c(-c2nn3c(-c4ccccc4)nc(=S)nc3s2)cc1CC. The molecule has 4 rings (SSSR count). The molecule has 6 nitrogen and oxygen atoms in total. The largest absolute Gasteiger partial charge is 0.496 e. The van der Waals surface area contributed by atoms with Gasteiger partial charge >= 0.3 is 0 Å². The molecule has 2 aromatic carbocycles. The van der Waals surface area contributed by atoms with Crippen LogP contribution in [-0.4, -0.2) is 33.3 Å². The molecule has 0 N–H and O–H groups in total. The van der Waals surface area contributed by atoms with E-state index in [2.05, 4.69) is 23.0 Å². The highest BCUT2D eigenvalue weighted by molar-refractivity contribution is 7.71. The summed E-state index contributed by atoms with van der Waals surface area (Å²) >= 11 is 6.74. The quantitative estimate of drug-likeness (QED) is 0.396. The number of ether oxygens (including phenoxy) is 2. The maximum atomic E-state index is 5.77. The van der Waals surface area contributed by atoms with Crippen LogP contribution in [0.15, 0.2) is 42.5 Å². The highest BCUT2D eigenvalue weighted by Crippen LogP contribution is 2.38. The molecular weight excluding hydrogens is 404 g/mol. The Hall–Kier alpha value is -2.84. The van der Waals surface area contributed by atoms with Gasteiger partial charge in [0.1, 0.15) is 11.5 Å². The second-order valence-electron chi connectivity index (χ2n) is 6.24. The Bertz CT molecular complexity index is 1220. The lowest BCUT2D eigenvalue weighted by Gasteiger charge is -2.13. The number of methoxy groups -OCH3 is 1. The number of fused-ring (bicyclic) bond motifs is 1. The van der Waals surface area contributed by atoms with Crippen molar-refractivity contribution in [3.8, 4) is 33.5 Å². The number of nitrogens with zero attached hydrogens (tertiary/aromatic N) is 4. The van der Waals surface area contributed by atoms with Crippen molar-refractivity contribution in [1.82, 2.24) is 19.6 Å². The maximum absolute atomic E-state index is 5.77. The molecule has 0 atom stereocenters. The van der Waals surface area contributed by atoms with Crippen LogP contribution in [0.2, 0.25) is 0 Å². The first-order valence-corrected chi connectivity index (χ1v) is 10.5. The summed E-state index contributed by atoms with van der Waals surface area (Å²) in [7, 11) is 1.65. The van der Waals surface area contributed by atoms with Gasteiger partial charge in [-0.2, -0.15) is 19.6 Å². The van der Waals surface area contributed by atoms with Crippen molar-refractivity contribution in [3.05, 3.63) is 52.8 Å². The summed E-state index contributed by atoms with van der Waals surface area (Å²) in [6.45, 7) is 4.67. The Balaban J connectivity index is 1.93. The zero-order valence-electron chi connectivity index (χ0n) is 16.4. The van der Waals surface area contributed by atoms with E-state index < -0.39 is 0 Å². The van der Waals surface area contributed by atoms with Crippen LogP contribution in [0.5, 0.6) is 11.5 Å². The van der Waals surface area contributed by atoms with E-state index in [9.17, 15) is 0 Å². The molecule has 8 heteroatoms. The maximum Gasteiger partial charge on any atom is 0.223 e. The van der Waals surface area contributed by atoms with Crippen molar-refractivity contribution in [2.75, 3.05) is 13.7 Å². The van der Waals surface area contributed by atoms with Gasteiger partial charge in [-0.15, -0.1) is 0 Å². The molecule has 0 saturated carbocycles. The normalized spacial score (nSPS) is 11.0. The fourth-order valence-electron chi connectivity index (χ4n) is 3.13. The van der Waals surface area contributed by atoms with Crippen LogP contribution in [0.4, 0.5) is 0 Å². The van der Waals surface area contributed by atoms with Crippen molar-refractivity contribution < 1.29 is 9.47 Å². The minimum atomic E-state index is 0.298. The van der Waals surface area contributed by atoms with Gasteiger partial charge in [-0.1, -0.05) is 48.6 Å². The third kappa shape index (κ3) is 3.73. The molecule has 4 aromatic rings. The number of aryl methyl sites for hydroxylation is 1. The van der Waals surface area contributed by atoms with Crippen LogP contribution in [-0.2, 0) is 6.42 Å². The third-order valence-electron chi connectivity index (χ3n) is 4.48. The van der Waals surface area contributed by atoms with Crippen molar-refractivity contribution in [2.45, 2.75) is 20.3 Å². The number of rotatable bonds is 6. The van der Waals surface area contributed by atoms with Crippen molar-refractivity contribution in [2.24, 2.45) is 0 Å². The van der Waals surface area contributed by atoms with E-state index in [1.807, 2.05) is 43.3 Å². The Morgan fingerprint density at radius 1 is 1.07 bits per heavy atom. The second-order valence-corrected chi connectivity index (χ2v) is 7.57. The number of aromatic nitrogens is 4. The van der Waals surface area contributed by atoms with Gasteiger partial charge in [0.15, 0.2) is 10.8 Å². The van der Waals surface area contributed by atoms with Gasteiger partial charge < -0.3 is 9.47 Å². The summed E-state index contributed by atoms with van der Waals surface area (Å²) in [5, 5.41) is 5.59. The Morgan fingerprint density at radius 3 is 2.55 bits per heavy atom. The molecule has 0 fully saturated rings. The summed E-state index contributed by atoms with van der Waals surface area (Å²) in [5.74, 6) is 2.21. The lowest BCUT2D eigenvalue weighted by Crippen LogP contribution is -2.01. The van der Waals surface area contributed by atoms with Gasteiger partial charge in [0.2, 0.25) is 9.73 Å². The van der Waals surface area contributed by atoms with Crippen LogP contribution in [0.3, 0.4) is 0 Å². The van der Waals surface area contributed by atoms with Crippen LogP contribution >= 0.6 is 23.6 Å². The zero-order chi connectivity index (χ0) is 20.4. The highest BCUT2D eigenvalue weighted by atomic mass is 32.1. The summed E-state index contributed by atoms with van der Waals surface area (Å²) in [6.07, 6.45) is 0.843. The lowest BCUT2D eigenvalue weighted by molar-refractivity contribution is 0.333. The molecule has 0 amide bonds. The van der Waals surface area contributed by atoms with Crippen LogP contribution < -0.4 is 9.47 Å². The van der Waals surface area contributed by atoms with E-state index in [1.165, 1.54) is 11.3 Å². The van der Waals surface area contributed by atoms with Gasteiger partial charge in [0.25, 0.3) is 0 Å². The van der Waals surface area contributed by atoms with E-state index >= 15 is 0 Å². The molecule has 148 valence electrons. The molecule has 0 bridgehead atoms. The average molecular weight is 425 g/mol. The second kappa shape index (κ2) is 8.26. The predicted octanol–water partition coefficient (Wildman–Crippen LogP) is 5.22. The Labute approximate surface area is 177 Å². The van der Waals surface area contributed by atoms with Crippen molar-refractivity contribution >= 4 is 28.5 Å². The standard InChI is InChI=1S/C21H20N4O2S2/c1-4-13-11-15(17(26-3)12-16(13)27-5-2)19-24-25-18(14-9-7-6-8-10-14)22-20(28)23-21(25)29-19/h6-12H,4-5H2,1-3H3. The molecule has 29 heavy (non-hydrogen) atoms. The Kier molecular flexibility index (Phi) is 5.55. The fourth-order valence-corrected chi connectivity index (χ4v) is 4.27. The number of benzene rings is 2. The summed E-state index contributed by atoms with van der Waals surface area (Å²) < 4.78 is 13.5. The van der Waals surface area contributed by atoms with Gasteiger partial charge in [0, 0.05) is 11.6 Å². The summed E-state index contributed by atoms with van der Waals surface area (Å²) in [5.41, 5.74) is 2.93. The molecule has 2 aromatic heterocycles. The average Bonchev–Trinajstić information content (AvgIpc) is 3.17. The fraction of sp³-hybridized carbons (Fsp3) is 0.238. The topological polar surface area (TPSA) is 61.5 Å². The number of hydrogen-bond acceptors (Lipinski definition) is 7. The van der Waals surface area contributed by atoms with Gasteiger partial charge in [-0.25, -0.2) is 0 Å². The molecule has 0 radical (unpaired) electrons. The molecule has 2 heterocycles. The first kappa shape index (κ1) is 19.5. The minimum Gasteiger partial charge on any atom is -0.496 e. The molecule has 0 unspecified atom stereocenters. The van der Waals surface area contributed by atoms with Gasteiger partial charge in [-0.3, -0.25) is 0 Å². The van der Waals surface area contributed by atoms with Gasteiger partial charge in [0.05, 0.1) is 19.3 Å². The van der Waals surface area contributed by atoms with Crippen LogP contribution in [0.25, 0.3) is 26.9 Å². The number of hydrogen-bond donors (Lipinski definition) is 0. The summed E-state index contributed by atoms with van der Waals surface area (Å²) in [6, 6.07) is 13.9. The molecule has 0 saturated heterocycles. The molecule has 0 aliphatic rings. The van der Waals surface area contributed by atoms with E-state index in [0.29, 0.717) is 27.9 Å². The molecule has 0 spiro atoms. The van der Waals surface area contributed by atoms with Crippen molar-refractivity contribution in [1.29, 1.82) is 0 Å². The predicted molar refractivity (Wildman–Crippen MR) is 117 cm³/mol. The molecule has 0 aliphatic carbocycles. The van der Waals surface area contributed by atoms with Crippen molar-refractivity contribution in [3.63, 3.8) is 0 Å². The Morgan fingerprint density at radius 2 is 1.86 bits per heavy atom. The van der Waals surface area contributed by atoms with Gasteiger partial charge in [-0.05, 0) is 37.2 Å². The van der Waals surface area contributed by atoms with E-state index in [-0.39, 0.29) is 0 Å². The first-order valence-electron chi connectivity index (χ1n) is 9.32. The minimum absolute atomic E-state index is 0.298. The van der Waals surface area contributed by atoms with Crippen LogP contribution in [0.1, 0.15) is 19.4 Å². The third-order valence-corrected chi connectivity index (χ3v) is 5.60. The highest BCUT2D eigenvalue weighted by Gasteiger charge is 2.18. The molecule has 0 aliphatic heterocycles.